The molecule has 0 aromatic carbocycles. The van der Waals surface area contributed by atoms with E-state index in [1.165, 1.54) is 0 Å². The van der Waals surface area contributed by atoms with Crippen LogP contribution in [0.2, 0.25) is 0 Å². The topological polar surface area (TPSA) is 59.4 Å². The van der Waals surface area contributed by atoms with Gasteiger partial charge in [0.05, 0.1) is 49.8 Å². The number of hydrogen-bond donors (Lipinski definition) is 0. The lowest BCUT2D eigenvalue weighted by atomic mass is 9.94. The van der Waals surface area contributed by atoms with E-state index in [1.807, 2.05) is 0 Å². The average molecular weight is 294 g/mol. The molecule has 6 aliphatic rings. The van der Waals surface area contributed by atoms with Gasteiger partial charge in [-0.15, -0.1) is 0 Å². The molecule has 0 bridgehead atoms. The zero-order valence-corrected chi connectivity index (χ0v) is 12.1. The first-order valence-corrected chi connectivity index (χ1v) is 8.55. The number of rotatable bonds is 6. The van der Waals surface area contributed by atoms with Crippen molar-refractivity contribution in [2.75, 3.05) is 13.2 Å². The summed E-state index contributed by atoms with van der Waals surface area (Å²) < 4.78 is 29.0. The summed E-state index contributed by atoms with van der Waals surface area (Å²) in [6.45, 7) is 1.74. The van der Waals surface area contributed by atoms with E-state index >= 15 is 0 Å². The van der Waals surface area contributed by atoms with Crippen LogP contribution >= 0.6 is 0 Å². The van der Waals surface area contributed by atoms with E-state index in [-0.39, 0.29) is 12.2 Å². The van der Waals surface area contributed by atoms with Gasteiger partial charge in [-0.1, -0.05) is 0 Å². The molecule has 0 radical (unpaired) electrons. The Morgan fingerprint density at radius 1 is 0.667 bits per heavy atom. The number of ether oxygens (including phenoxy) is 5. The van der Waals surface area contributed by atoms with E-state index < -0.39 is 0 Å². The first-order chi connectivity index (χ1) is 10.3. The highest BCUT2D eigenvalue weighted by atomic mass is 16.6. The van der Waals surface area contributed by atoms with Crippen LogP contribution in [0, 0.1) is 11.8 Å². The van der Waals surface area contributed by atoms with Crippen molar-refractivity contribution in [1.82, 2.24) is 0 Å². The van der Waals surface area contributed by atoms with Crippen LogP contribution in [0.5, 0.6) is 0 Å². The van der Waals surface area contributed by atoms with E-state index in [0.29, 0.717) is 48.5 Å². The van der Waals surface area contributed by atoms with Crippen molar-refractivity contribution in [2.45, 2.75) is 74.5 Å². The van der Waals surface area contributed by atoms with Gasteiger partial charge >= 0.3 is 0 Å². The van der Waals surface area contributed by atoms with Gasteiger partial charge < -0.3 is 23.7 Å². The fourth-order valence-corrected chi connectivity index (χ4v) is 4.79. The Bertz CT molecular complexity index is 388. The summed E-state index contributed by atoms with van der Waals surface area (Å²) in [5, 5.41) is 0. The molecule has 0 spiro atoms. The molecule has 6 fully saturated rings. The van der Waals surface area contributed by atoms with E-state index in [2.05, 4.69) is 0 Å². The van der Waals surface area contributed by atoms with Crippen LogP contribution in [0.25, 0.3) is 0 Å². The molecule has 4 saturated heterocycles. The van der Waals surface area contributed by atoms with Gasteiger partial charge in [0.15, 0.2) is 0 Å². The monoisotopic (exact) mass is 294 g/mol. The van der Waals surface area contributed by atoms with Crippen molar-refractivity contribution < 1.29 is 23.7 Å². The zero-order chi connectivity index (χ0) is 13.6. The van der Waals surface area contributed by atoms with Gasteiger partial charge in [-0.2, -0.15) is 0 Å². The minimum Gasteiger partial charge on any atom is -0.370 e. The minimum atomic E-state index is 0.258. The van der Waals surface area contributed by atoms with Crippen molar-refractivity contribution in [3.63, 3.8) is 0 Å². The SMILES string of the molecule is C1C(C(OC(C2CC3OC3C2)C2CO2)C2CO2)CC2OC12. The summed E-state index contributed by atoms with van der Waals surface area (Å²) in [7, 11) is 0. The molecule has 4 heterocycles. The molecule has 0 aromatic rings. The smallest absolute Gasteiger partial charge is 0.107 e. The Labute approximate surface area is 124 Å². The summed E-state index contributed by atoms with van der Waals surface area (Å²) in [6.07, 6.45) is 7.86. The zero-order valence-electron chi connectivity index (χ0n) is 12.1. The van der Waals surface area contributed by atoms with Crippen molar-refractivity contribution >= 4 is 0 Å². The summed E-state index contributed by atoms with van der Waals surface area (Å²) in [4.78, 5) is 0. The molecule has 2 aliphatic carbocycles. The molecule has 4 aliphatic heterocycles. The molecule has 8 atom stereocenters. The molecule has 6 rings (SSSR count). The van der Waals surface area contributed by atoms with E-state index in [1.54, 1.807) is 0 Å². The van der Waals surface area contributed by atoms with Gasteiger partial charge in [-0.05, 0) is 37.5 Å². The van der Waals surface area contributed by atoms with Gasteiger partial charge in [0.1, 0.15) is 12.2 Å². The lowest BCUT2D eigenvalue weighted by Gasteiger charge is -2.31. The van der Waals surface area contributed by atoms with Crippen molar-refractivity contribution in [3.8, 4) is 0 Å². The van der Waals surface area contributed by atoms with Crippen molar-refractivity contribution in [1.29, 1.82) is 0 Å². The Morgan fingerprint density at radius 3 is 1.38 bits per heavy atom. The van der Waals surface area contributed by atoms with Crippen molar-refractivity contribution in [3.05, 3.63) is 0 Å². The fourth-order valence-electron chi connectivity index (χ4n) is 4.79. The second kappa shape index (κ2) is 4.20. The molecule has 0 amide bonds. The van der Waals surface area contributed by atoms with Crippen LogP contribution in [-0.4, -0.2) is 62.0 Å². The lowest BCUT2D eigenvalue weighted by Crippen LogP contribution is -2.39. The Balaban J connectivity index is 1.17. The molecule has 5 heteroatoms. The first kappa shape index (κ1) is 12.3. The third-order valence-electron chi connectivity index (χ3n) is 6.21. The lowest BCUT2D eigenvalue weighted by molar-refractivity contribution is -0.0959. The van der Waals surface area contributed by atoms with E-state index in [9.17, 15) is 0 Å². The van der Waals surface area contributed by atoms with Crippen LogP contribution in [0.4, 0.5) is 0 Å². The van der Waals surface area contributed by atoms with Crippen LogP contribution in [0.1, 0.15) is 25.7 Å². The molecule has 8 unspecified atom stereocenters. The molecule has 116 valence electrons. The van der Waals surface area contributed by atoms with Crippen LogP contribution in [0.15, 0.2) is 0 Å². The van der Waals surface area contributed by atoms with Crippen LogP contribution in [-0.2, 0) is 23.7 Å². The summed E-state index contributed by atoms with van der Waals surface area (Å²) in [5.41, 5.74) is 0. The molecule has 21 heavy (non-hydrogen) atoms. The first-order valence-electron chi connectivity index (χ1n) is 8.55. The highest BCUT2D eigenvalue weighted by Crippen LogP contribution is 2.49. The highest BCUT2D eigenvalue weighted by Gasteiger charge is 2.57. The largest absolute Gasteiger partial charge is 0.370 e. The highest BCUT2D eigenvalue weighted by molar-refractivity contribution is 5.04. The van der Waals surface area contributed by atoms with Crippen LogP contribution < -0.4 is 0 Å². The van der Waals surface area contributed by atoms with Gasteiger partial charge in [0.2, 0.25) is 0 Å². The number of epoxide rings is 4. The van der Waals surface area contributed by atoms with E-state index in [4.69, 9.17) is 23.7 Å². The molecule has 2 saturated carbocycles. The Hall–Kier alpha value is -0.200. The summed E-state index contributed by atoms with van der Waals surface area (Å²) in [5.74, 6) is 1.24. The molecule has 0 N–H and O–H groups in total. The van der Waals surface area contributed by atoms with Crippen LogP contribution in [0.3, 0.4) is 0 Å². The van der Waals surface area contributed by atoms with Gasteiger partial charge in [0, 0.05) is 0 Å². The maximum absolute atomic E-state index is 6.64. The predicted octanol–water partition coefficient (Wildman–Crippen LogP) is 0.893. The number of fused-ring (bicyclic) bond motifs is 2. The standard InChI is InChI=1S/C16H22O5/c1-7(2-10-9(1)19-10)15(13-5-17-13)21-16(14-6-18-14)8-3-11-12(4-8)20-11/h7-16H,1-6H2. The quantitative estimate of drug-likeness (QED) is 0.681. The predicted molar refractivity (Wildman–Crippen MR) is 70.9 cm³/mol. The third kappa shape index (κ3) is 2.17. The second-order valence-electron chi connectivity index (χ2n) is 7.70. The minimum absolute atomic E-state index is 0.258. The van der Waals surface area contributed by atoms with Crippen molar-refractivity contribution in [2.24, 2.45) is 11.8 Å². The summed E-state index contributed by atoms with van der Waals surface area (Å²) in [6, 6.07) is 0. The van der Waals surface area contributed by atoms with Gasteiger partial charge in [-0.3, -0.25) is 0 Å². The maximum atomic E-state index is 6.64. The third-order valence-corrected chi connectivity index (χ3v) is 6.21. The fraction of sp³-hybridized carbons (Fsp3) is 1.00. The van der Waals surface area contributed by atoms with Gasteiger partial charge in [0.25, 0.3) is 0 Å². The average Bonchev–Trinajstić information content (AvgIpc) is 3.32. The molecule has 0 aromatic heterocycles. The normalized spacial score (nSPS) is 58.3. The van der Waals surface area contributed by atoms with E-state index in [0.717, 1.165) is 38.9 Å². The maximum Gasteiger partial charge on any atom is 0.107 e. The molecular weight excluding hydrogens is 272 g/mol. The number of hydrogen-bond acceptors (Lipinski definition) is 5. The Morgan fingerprint density at radius 2 is 1.05 bits per heavy atom. The molecular formula is C16H22O5. The second-order valence-corrected chi connectivity index (χ2v) is 7.70. The Kier molecular flexibility index (Phi) is 2.45. The van der Waals surface area contributed by atoms with Gasteiger partial charge in [-0.25, -0.2) is 0 Å². The summed E-state index contributed by atoms with van der Waals surface area (Å²) >= 11 is 0. The molecule has 5 nitrogen and oxygen atoms in total.